The maximum atomic E-state index is 7.62. The summed E-state index contributed by atoms with van der Waals surface area (Å²) in [4.78, 5) is 7.45. The lowest BCUT2D eigenvalue weighted by Crippen LogP contribution is -2.08. The average molecular weight is 331 g/mol. The lowest BCUT2D eigenvalue weighted by atomic mass is 9.85. The van der Waals surface area contributed by atoms with Gasteiger partial charge in [-0.25, -0.2) is 10.5 Å². The molecule has 0 saturated carbocycles. The zero-order valence-corrected chi connectivity index (χ0v) is 14.4. The van der Waals surface area contributed by atoms with Crippen LogP contribution in [0.3, 0.4) is 0 Å². The van der Waals surface area contributed by atoms with E-state index in [0.717, 1.165) is 12.1 Å². The summed E-state index contributed by atoms with van der Waals surface area (Å²) in [5, 5.41) is 10.8. The van der Waals surface area contributed by atoms with Gasteiger partial charge in [0.2, 0.25) is 0 Å². The molecule has 0 radical (unpaired) electrons. The third-order valence-corrected chi connectivity index (χ3v) is 4.70. The quantitative estimate of drug-likeness (QED) is 0.351. The fourth-order valence-electron chi connectivity index (χ4n) is 3.09. The topological polar surface area (TPSA) is 88.7 Å². The highest BCUT2D eigenvalue weighted by molar-refractivity contribution is 5.96. The molecule has 5 heteroatoms. The van der Waals surface area contributed by atoms with E-state index >= 15 is 0 Å². The highest BCUT2D eigenvalue weighted by atomic mass is 15.0. The third-order valence-electron chi connectivity index (χ3n) is 4.70. The Morgan fingerprint density at radius 2 is 1.92 bits per heavy atom. The SMILES string of the molecule is Cc1cccc(C(Cc2ccc(C(=N)N=N)cc2)c2cnc[nH]2)c1C. The molecule has 0 saturated heterocycles. The Kier molecular flexibility index (Phi) is 4.84. The molecule has 5 nitrogen and oxygen atoms in total. The van der Waals surface area contributed by atoms with Crippen molar-refractivity contribution >= 4 is 5.84 Å². The first-order chi connectivity index (χ1) is 12.1. The van der Waals surface area contributed by atoms with Crippen LogP contribution in [0.5, 0.6) is 0 Å². The molecular weight excluding hydrogens is 310 g/mol. The first-order valence-electron chi connectivity index (χ1n) is 8.20. The summed E-state index contributed by atoms with van der Waals surface area (Å²) in [7, 11) is 0. The van der Waals surface area contributed by atoms with E-state index in [4.69, 9.17) is 10.9 Å². The second kappa shape index (κ2) is 7.21. The van der Waals surface area contributed by atoms with E-state index in [9.17, 15) is 0 Å². The molecule has 3 rings (SSSR count). The smallest absolute Gasteiger partial charge is 0.173 e. The zero-order chi connectivity index (χ0) is 17.8. The molecule has 0 bridgehead atoms. The molecule has 1 unspecified atom stereocenters. The van der Waals surface area contributed by atoms with Crippen molar-refractivity contribution in [3.63, 3.8) is 0 Å². The van der Waals surface area contributed by atoms with E-state index < -0.39 is 0 Å². The minimum absolute atomic E-state index is 0.0220. The number of hydrogen-bond donors (Lipinski definition) is 3. The van der Waals surface area contributed by atoms with Crippen molar-refractivity contribution in [2.75, 3.05) is 0 Å². The Hall–Kier alpha value is -3.08. The molecule has 25 heavy (non-hydrogen) atoms. The van der Waals surface area contributed by atoms with Crippen LogP contribution < -0.4 is 0 Å². The Morgan fingerprint density at radius 3 is 2.56 bits per heavy atom. The lowest BCUT2D eigenvalue weighted by molar-refractivity contribution is 0.773. The summed E-state index contributed by atoms with van der Waals surface area (Å²) in [5.74, 6) is 0.166. The van der Waals surface area contributed by atoms with E-state index in [-0.39, 0.29) is 11.8 Å². The van der Waals surface area contributed by atoms with Crippen LogP contribution in [0, 0.1) is 24.8 Å². The molecule has 2 aromatic carbocycles. The number of aryl methyl sites for hydroxylation is 1. The Bertz CT molecular complexity index is 879. The normalized spacial score (nSPS) is 11.9. The minimum Gasteiger partial charge on any atom is -0.348 e. The van der Waals surface area contributed by atoms with Crippen molar-refractivity contribution in [1.82, 2.24) is 9.97 Å². The van der Waals surface area contributed by atoms with Gasteiger partial charge in [0.25, 0.3) is 0 Å². The molecule has 126 valence electrons. The molecule has 0 amide bonds. The molecule has 1 heterocycles. The number of aromatic amines is 1. The first kappa shape index (κ1) is 16.8. The van der Waals surface area contributed by atoms with Crippen LogP contribution in [0.2, 0.25) is 0 Å². The molecule has 0 spiro atoms. The van der Waals surface area contributed by atoms with Crippen molar-refractivity contribution in [3.8, 4) is 0 Å². The van der Waals surface area contributed by atoms with Gasteiger partial charge in [0, 0.05) is 23.4 Å². The molecule has 1 atom stereocenters. The number of amidine groups is 1. The number of benzene rings is 2. The van der Waals surface area contributed by atoms with E-state index in [1.54, 1.807) is 6.33 Å². The van der Waals surface area contributed by atoms with Crippen LogP contribution in [-0.2, 0) is 6.42 Å². The second-order valence-electron chi connectivity index (χ2n) is 6.21. The molecule has 0 aliphatic rings. The van der Waals surface area contributed by atoms with Crippen molar-refractivity contribution in [2.45, 2.75) is 26.2 Å². The Morgan fingerprint density at radius 1 is 1.16 bits per heavy atom. The van der Waals surface area contributed by atoms with Crippen LogP contribution in [0.1, 0.15) is 39.4 Å². The average Bonchev–Trinajstić information content (AvgIpc) is 3.16. The van der Waals surface area contributed by atoms with E-state index in [0.29, 0.717) is 5.56 Å². The maximum Gasteiger partial charge on any atom is 0.173 e. The Labute approximate surface area is 147 Å². The highest BCUT2D eigenvalue weighted by Gasteiger charge is 2.19. The van der Waals surface area contributed by atoms with Gasteiger partial charge in [0.1, 0.15) is 0 Å². The molecule has 0 fully saturated rings. The van der Waals surface area contributed by atoms with Crippen molar-refractivity contribution in [1.29, 1.82) is 10.9 Å². The van der Waals surface area contributed by atoms with Crippen LogP contribution in [-0.4, -0.2) is 15.8 Å². The van der Waals surface area contributed by atoms with Gasteiger partial charge in [-0.3, -0.25) is 5.41 Å². The number of nitrogens with zero attached hydrogens (tertiary/aromatic N) is 2. The lowest BCUT2D eigenvalue weighted by Gasteiger charge is -2.20. The summed E-state index contributed by atoms with van der Waals surface area (Å²) < 4.78 is 0. The summed E-state index contributed by atoms with van der Waals surface area (Å²) in [6.07, 6.45) is 4.43. The highest BCUT2D eigenvalue weighted by Crippen LogP contribution is 2.30. The number of aromatic nitrogens is 2. The van der Waals surface area contributed by atoms with Crippen LogP contribution in [0.4, 0.5) is 0 Å². The molecule has 3 N–H and O–H groups in total. The summed E-state index contributed by atoms with van der Waals surface area (Å²) in [5.41, 5.74) is 13.7. The summed E-state index contributed by atoms with van der Waals surface area (Å²) >= 11 is 0. The zero-order valence-electron chi connectivity index (χ0n) is 14.4. The number of nitrogens with one attached hydrogen (secondary N) is 3. The van der Waals surface area contributed by atoms with Gasteiger partial charge in [-0.15, -0.1) is 5.11 Å². The first-order valence-corrected chi connectivity index (χ1v) is 8.20. The van der Waals surface area contributed by atoms with Gasteiger partial charge in [0.05, 0.1) is 6.33 Å². The molecular formula is C20H21N5. The predicted molar refractivity (Wildman–Crippen MR) is 98.5 cm³/mol. The molecule has 1 aromatic heterocycles. The number of H-pyrrole nitrogens is 1. The van der Waals surface area contributed by atoms with Crippen molar-refractivity contribution in [3.05, 3.63) is 88.5 Å². The molecule has 0 aliphatic carbocycles. The molecule has 3 aromatic rings. The number of hydrogen-bond acceptors (Lipinski definition) is 3. The van der Waals surface area contributed by atoms with E-state index in [1.807, 2.05) is 30.5 Å². The van der Waals surface area contributed by atoms with Gasteiger partial charge >= 0.3 is 0 Å². The van der Waals surface area contributed by atoms with E-state index in [2.05, 4.69) is 47.1 Å². The summed E-state index contributed by atoms with van der Waals surface area (Å²) in [6.45, 7) is 4.29. The summed E-state index contributed by atoms with van der Waals surface area (Å²) in [6, 6.07) is 14.1. The third kappa shape index (κ3) is 3.55. The predicted octanol–water partition coefficient (Wildman–Crippen LogP) is 4.76. The van der Waals surface area contributed by atoms with Crippen LogP contribution in [0.15, 0.2) is 60.1 Å². The maximum absolute atomic E-state index is 7.62. The van der Waals surface area contributed by atoms with Gasteiger partial charge in [-0.1, -0.05) is 42.5 Å². The van der Waals surface area contributed by atoms with Crippen molar-refractivity contribution < 1.29 is 0 Å². The second-order valence-corrected chi connectivity index (χ2v) is 6.21. The fourth-order valence-corrected chi connectivity index (χ4v) is 3.09. The number of rotatable bonds is 5. The number of imidazole rings is 1. The van der Waals surface area contributed by atoms with Crippen LogP contribution in [0.25, 0.3) is 0 Å². The monoisotopic (exact) mass is 331 g/mol. The van der Waals surface area contributed by atoms with Crippen molar-refractivity contribution in [2.24, 2.45) is 5.11 Å². The van der Waals surface area contributed by atoms with E-state index in [1.165, 1.54) is 22.3 Å². The standard InChI is InChI=1S/C20H21N5/c1-13-4-3-5-17(14(13)2)18(19-11-23-12-24-19)10-15-6-8-16(9-7-15)20(21)25-22/h3-9,11-12,18,21-22H,10H2,1-2H3,(H,23,24). The Balaban J connectivity index is 1.95. The van der Waals surface area contributed by atoms with Gasteiger partial charge in [-0.2, -0.15) is 0 Å². The minimum atomic E-state index is -0.0220. The molecule has 0 aliphatic heterocycles. The van der Waals surface area contributed by atoms with Gasteiger partial charge in [-0.05, 0) is 42.5 Å². The van der Waals surface area contributed by atoms with Crippen LogP contribution >= 0.6 is 0 Å². The largest absolute Gasteiger partial charge is 0.348 e. The van der Waals surface area contributed by atoms with Gasteiger partial charge < -0.3 is 4.98 Å². The fraction of sp³-hybridized carbons (Fsp3) is 0.200. The van der Waals surface area contributed by atoms with Gasteiger partial charge in [0.15, 0.2) is 5.84 Å².